The lowest BCUT2D eigenvalue weighted by Crippen LogP contribution is -2.51. The number of urea groups is 1. The average Bonchev–Trinajstić information content (AvgIpc) is 2.71. The Morgan fingerprint density at radius 1 is 1.39 bits per heavy atom. The summed E-state index contributed by atoms with van der Waals surface area (Å²) in [6, 6.07) is -0.210. The Morgan fingerprint density at radius 3 is 2.56 bits per heavy atom. The van der Waals surface area contributed by atoms with Crippen LogP contribution in [-0.4, -0.2) is 74.6 Å². The highest BCUT2D eigenvalue weighted by molar-refractivity contribution is 7.91. The summed E-state index contributed by atoms with van der Waals surface area (Å²) < 4.78 is 28.2. The molecule has 0 bridgehead atoms. The van der Waals surface area contributed by atoms with Crippen molar-refractivity contribution in [2.24, 2.45) is 0 Å². The third kappa shape index (κ3) is 2.95. The van der Waals surface area contributed by atoms with Gasteiger partial charge in [0.05, 0.1) is 24.7 Å². The van der Waals surface area contributed by atoms with Crippen molar-refractivity contribution < 1.29 is 17.9 Å². The predicted molar refractivity (Wildman–Crippen MR) is 67.2 cm³/mol. The highest BCUT2D eigenvalue weighted by Crippen LogP contribution is 2.19. The van der Waals surface area contributed by atoms with Crippen molar-refractivity contribution in [3.8, 4) is 0 Å². The van der Waals surface area contributed by atoms with Gasteiger partial charge in [-0.1, -0.05) is 0 Å². The number of carbonyl (C=O) groups excluding carboxylic acids is 1. The van der Waals surface area contributed by atoms with Crippen molar-refractivity contribution in [3.05, 3.63) is 0 Å². The van der Waals surface area contributed by atoms with Gasteiger partial charge in [-0.2, -0.15) is 0 Å². The Morgan fingerprint density at radius 2 is 2.06 bits per heavy atom. The average molecular weight is 276 g/mol. The summed E-state index contributed by atoms with van der Waals surface area (Å²) >= 11 is 0. The van der Waals surface area contributed by atoms with Gasteiger partial charge in [-0.3, -0.25) is 0 Å². The molecule has 0 N–H and O–H groups in total. The smallest absolute Gasteiger partial charge is 0.320 e. The molecule has 0 aromatic carbocycles. The van der Waals surface area contributed by atoms with Crippen LogP contribution >= 0.6 is 0 Å². The lowest BCUT2D eigenvalue weighted by Gasteiger charge is -2.35. The van der Waals surface area contributed by atoms with E-state index in [0.717, 1.165) is 0 Å². The molecule has 2 aliphatic rings. The van der Waals surface area contributed by atoms with Gasteiger partial charge in [-0.25, -0.2) is 13.2 Å². The van der Waals surface area contributed by atoms with Crippen LogP contribution in [0.5, 0.6) is 0 Å². The van der Waals surface area contributed by atoms with E-state index in [1.165, 1.54) is 0 Å². The Balaban J connectivity index is 2.01. The van der Waals surface area contributed by atoms with Gasteiger partial charge >= 0.3 is 6.03 Å². The van der Waals surface area contributed by atoms with Crippen LogP contribution in [0.1, 0.15) is 13.3 Å². The maximum absolute atomic E-state index is 12.3. The van der Waals surface area contributed by atoms with E-state index in [9.17, 15) is 13.2 Å². The first-order valence-corrected chi connectivity index (χ1v) is 8.19. The van der Waals surface area contributed by atoms with Gasteiger partial charge in [0.25, 0.3) is 0 Å². The number of nitrogens with zero attached hydrogens (tertiary/aromatic N) is 2. The first kappa shape index (κ1) is 13.6. The Bertz CT molecular complexity index is 403. The summed E-state index contributed by atoms with van der Waals surface area (Å²) in [5.74, 6) is 0.307. The van der Waals surface area contributed by atoms with Crippen molar-refractivity contribution in [2.75, 3.05) is 44.4 Å². The number of hydrogen-bond donors (Lipinski definition) is 0. The molecule has 2 amide bonds. The van der Waals surface area contributed by atoms with E-state index in [4.69, 9.17) is 4.74 Å². The molecule has 2 rings (SSSR count). The minimum absolute atomic E-state index is 0.0529. The number of morpholine rings is 1. The van der Waals surface area contributed by atoms with Crippen LogP contribution in [0.25, 0.3) is 0 Å². The highest BCUT2D eigenvalue weighted by atomic mass is 32.2. The summed E-state index contributed by atoms with van der Waals surface area (Å²) in [4.78, 5) is 15.8. The molecule has 2 heterocycles. The van der Waals surface area contributed by atoms with E-state index in [0.29, 0.717) is 39.3 Å². The molecule has 0 aromatic heterocycles. The van der Waals surface area contributed by atoms with E-state index in [-0.39, 0.29) is 23.6 Å². The van der Waals surface area contributed by atoms with E-state index in [1.807, 2.05) is 6.92 Å². The van der Waals surface area contributed by atoms with E-state index in [2.05, 4.69) is 0 Å². The van der Waals surface area contributed by atoms with Crippen LogP contribution in [-0.2, 0) is 14.6 Å². The Hall–Kier alpha value is -0.820. The molecule has 6 nitrogen and oxygen atoms in total. The van der Waals surface area contributed by atoms with E-state index in [1.54, 1.807) is 9.80 Å². The van der Waals surface area contributed by atoms with Gasteiger partial charge in [-0.15, -0.1) is 0 Å². The number of hydrogen-bond acceptors (Lipinski definition) is 4. The quantitative estimate of drug-likeness (QED) is 0.709. The van der Waals surface area contributed by atoms with Crippen molar-refractivity contribution in [1.29, 1.82) is 0 Å². The fraction of sp³-hybridized carbons (Fsp3) is 0.909. The van der Waals surface area contributed by atoms with Crippen molar-refractivity contribution in [2.45, 2.75) is 19.4 Å². The van der Waals surface area contributed by atoms with Gasteiger partial charge in [0.1, 0.15) is 0 Å². The summed E-state index contributed by atoms with van der Waals surface area (Å²) in [6.45, 7) is 4.75. The highest BCUT2D eigenvalue weighted by Gasteiger charge is 2.35. The van der Waals surface area contributed by atoms with Gasteiger partial charge in [-0.05, 0) is 13.3 Å². The molecular weight excluding hydrogens is 256 g/mol. The SMILES string of the molecule is CCN(C(=O)N1CCOCC1)[C@@H]1CCS(=O)(=O)C1. The number of carbonyl (C=O) groups is 1. The largest absolute Gasteiger partial charge is 0.378 e. The van der Waals surface area contributed by atoms with Gasteiger partial charge in [0.15, 0.2) is 9.84 Å². The molecule has 2 aliphatic heterocycles. The van der Waals surface area contributed by atoms with Crippen LogP contribution in [0.15, 0.2) is 0 Å². The minimum Gasteiger partial charge on any atom is -0.378 e. The molecule has 7 heteroatoms. The van der Waals surface area contributed by atoms with Gasteiger partial charge in [0.2, 0.25) is 0 Å². The summed E-state index contributed by atoms with van der Waals surface area (Å²) in [5.41, 5.74) is 0. The standard InChI is InChI=1S/C11H20N2O4S/c1-2-13(10-3-8-18(15,16)9-10)11(14)12-4-6-17-7-5-12/h10H,2-9H2,1H3/t10-/m1/s1. The zero-order valence-electron chi connectivity index (χ0n) is 10.7. The molecule has 0 aromatic rings. The van der Waals surface area contributed by atoms with E-state index >= 15 is 0 Å². The molecule has 2 fully saturated rings. The summed E-state index contributed by atoms with van der Waals surface area (Å²) in [5, 5.41) is 0. The zero-order chi connectivity index (χ0) is 13.2. The van der Waals surface area contributed by atoms with Gasteiger partial charge in [0, 0.05) is 25.7 Å². The van der Waals surface area contributed by atoms with E-state index < -0.39 is 9.84 Å². The molecule has 0 unspecified atom stereocenters. The lowest BCUT2D eigenvalue weighted by molar-refractivity contribution is 0.0407. The molecule has 0 saturated carbocycles. The third-order valence-electron chi connectivity index (χ3n) is 3.52. The molecular formula is C11H20N2O4S. The topological polar surface area (TPSA) is 66.9 Å². The normalized spacial score (nSPS) is 27.2. The minimum atomic E-state index is -2.95. The fourth-order valence-electron chi connectivity index (χ4n) is 2.51. The van der Waals surface area contributed by atoms with Crippen molar-refractivity contribution in [3.63, 3.8) is 0 Å². The number of amides is 2. The van der Waals surface area contributed by atoms with Crippen LogP contribution < -0.4 is 0 Å². The van der Waals surface area contributed by atoms with Crippen LogP contribution in [0, 0.1) is 0 Å². The second-order valence-electron chi connectivity index (χ2n) is 4.72. The van der Waals surface area contributed by atoms with Crippen LogP contribution in [0.4, 0.5) is 4.79 Å². The lowest BCUT2D eigenvalue weighted by atomic mass is 10.2. The first-order valence-electron chi connectivity index (χ1n) is 6.37. The number of sulfone groups is 1. The summed E-state index contributed by atoms with van der Waals surface area (Å²) in [6.07, 6.45) is 0.562. The van der Waals surface area contributed by atoms with Crippen molar-refractivity contribution >= 4 is 15.9 Å². The maximum atomic E-state index is 12.3. The molecule has 0 aliphatic carbocycles. The number of rotatable bonds is 2. The molecule has 0 radical (unpaired) electrons. The van der Waals surface area contributed by atoms with Crippen LogP contribution in [0.3, 0.4) is 0 Å². The number of ether oxygens (including phenoxy) is 1. The molecule has 1 atom stereocenters. The monoisotopic (exact) mass is 276 g/mol. The van der Waals surface area contributed by atoms with Crippen LogP contribution in [0.2, 0.25) is 0 Å². The predicted octanol–water partition coefficient (Wildman–Crippen LogP) is -0.0524. The molecule has 104 valence electrons. The second kappa shape index (κ2) is 5.44. The molecule has 2 saturated heterocycles. The summed E-state index contributed by atoms with van der Waals surface area (Å²) in [7, 11) is -2.95. The molecule has 18 heavy (non-hydrogen) atoms. The van der Waals surface area contributed by atoms with Gasteiger partial charge < -0.3 is 14.5 Å². The van der Waals surface area contributed by atoms with Crippen molar-refractivity contribution in [1.82, 2.24) is 9.80 Å². The Kier molecular flexibility index (Phi) is 4.11. The first-order chi connectivity index (χ1) is 8.53. The molecule has 0 spiro atoms. The Labute approximate surface area is 108 Å². The zero-order valence-corrected chi connectivity index (χ0v) is 11.5. The second-order valence-corrected chi connectivity index (χ2v) is 6.95. The maximum Gasteiger partial charge on any atom is 0.320 e. The third-order valence-corrected chi connectivity index (χ3v) is 5.27. The fourth-order valence-corrected chi connectivity index (χ4v) is 4.24.